The summed E-state index contributed by atoms with van der Waals surface area (Å²) in [5.41, 5.74) is 1.19. The topological polar surface area (TPSA) is 38.3 Å². The van der Waals surface area contributed by atoms with Gasteiger partial charge in [-0.3, -0.25) is 4.79 Å². The van der Waals surface area contributed by atoms with E-state index in [2.05, 4.69) is 21.2 Å². The van der Waals surface area contributed by atoms with Gasteiger partial charge in [-0.05, 0) is 52.3 Å². The third-order valence-corrected chi connectivity index (χ3v) is 3.92. The number of carbonyl (C=O) groups excluding carboxylic acids is 1. The maximum absolute atomic E-state index is 12.6. The Balaban J connectivity index is 1.85. The molecule has 1 amide bonds. The van der Waals surface area contributed by atoms with E-state index in [0.29, 0.717) is 22.7 Å². The molecule has 1 N–H and O–H groups in total. The Hall–Kier alpha value is -2.59. The fraction of sp³-hybridized carbons (Fsp3) is 0. The number of carbonyl (C=O) groups is 1. The van der Waals surface area contributed by atoms with E-state index in [1.807, 2.05) is 66.7 Å². The van der Waals surface area contributed by atoms with Gasteiger partial charge in [0.1, 0.15) is 11.5 Å². The van der Waals surface area contributed by atoms with Crippen LogP contribution in [0.15, 0.2) is 83.3 Å². The largest absolute Gasteiger partial charge is 0.457 e. The smallest absolute Gasteiger partial charge is 0.259 e. The van der Waals surface area contributed by atoms with Gasteiger partial charge in [0.05, 0.1) is 11.3 Å². The number of hydrogen-bond donors (Lipinski definition) is 1. The molecule has 3 rings (SSSR count). The van der Waals surface area contributed by atoms with E-state index in [1.54, 1.807) is 12.1 Å². The predicted molar refractivity (Wildman–Crippen MR) is 95.1 cm³/mol. The van der Waals surface area contributed by atoms with E-state index in [1.165, 1.54) is 0 Å². The molecule has 0 fully saturated rings. The highest BCUT2D eigenvalue weighted by atomic mass is 79.9. The number of hydrogen-bond acceptors (Lipinski definition) is 2. The van der Waals surface area contributed by atoms with Crippen molar-refractivity contribution in [3.8, 4) is 11.5 Å². The molecule has 0 aliphatic heterocycles. The molecule has 114 valence electrons. The zero-order chi connectivity index (χ0) is 16.1. The second-order valence-electron chi connectivity index (χ2n) is 4.85. The van der Waals surface area contributed by atoms with Crippen molar-refractivity contribution in [2.24, 2.45) is 0 Å². The first-order valence-corrected chi connectivity index (χ1v) is 7.91. The lowest BCUT2D eigenvalue weighted by molar-refractivity contribution is 0.102. The van der Waals surface area contributed by atoms with Crippen molar-refractivity contribution < 1.29 is 9.53 Å². The quantitative estimate of drug-likeness (QED) is 0.661. The van der Waals surface area contributed by atoms with E-state index in [4.69, 9.17) is 4.74 Å². The van der Waals surface area contributed by atoms with E-state index in [9.17, 15) is 4.79 Å². The first kappa shape index (κ1) is 15.3. The van der Waals surface area contributed by atoms with Gasteiger partial charge in [-0.15, -0.1) is 0 Å². The van der Waals surface area contributed by atoms with Crippen molar-refractivity contribution in [1.82, 2.24) is 0 Å². The molecule has 0 spiro atoms. The summed E-state index contributed by atoms with van der Waals surface area (Å²) in [7, 11) is 0. The second-order valence-corrected chi connectivity index (χ2v) is 5.70. The van der Waals surface area contributed by atoms with Gasteiger partial charge in [0.25, 0.3) is 5.91 Å². The molecule has 3 nitrogen and oxygen atoms in total. The SMILES string of the molecule is O=C(Nc1ccccc1Br)c1ccccc1Oc1ccccc1. The number of anilines is 1. The minimum Gasteiger partial charge on any atom is -0.457 e. The molecule has 3 aromatic carbocycles. The Kier molecular flexibility index (Phi) is 4.74. The van der Waals surface area contributed by atoms with Crippen LogP contribution in [0.25, 0.3) is 0 Å². The Bertz CT molecular complexity index is 818. The highest BCUT2D eigenvalue weighted by molar-refractivity contribution is 9.10. The maximum Gasteiger partial charge on any atom is 0.259 e. The third kappa shape index (κ3) is 3.79. The molecule has 0 saturated heterocycles. The molecule has 0 heterocycles. The molecule has 0 bridgehead atoms. The number of para-hydroxylation sites is 3. The number of ether oxygens (including phenoxy) is 1. The summed E-state index contributed by atoms with van der Waals surface area (Å²) in [6, 6.07) is 24.0. The molecule has 0 atom stereocenters. The molecule has 0 radical (unpaired) electrons. The number of nitrogens with one attached hydrogen (secondary N) is 1. The molecule has 4 heteroatoms. The van der Waals surface area contributed by atoms with Crippen LogP contribution in [0.3, 0.4) is 0 Å². The Morgan fingerprint density at radius 1 is 0.826 bits per heavy atom. The standard InChI is InChI=1S/C19H14BrNO2/c20-16-11-5-6-12-17(16)21-19(22)15-10-4-7-13-18(15)23-14-8-2-1-3-9-14/h1-13H,(H,21,22). The molecule has 23 heavy (non-hydrogen) atoms. The van der Waals surface area contributed by atoms with Crippen molar-refractivity contribution >= 4 is 27.5 Å². The van der Waals surface area contributed by atoms with Gasteiger partial charge in [0.2, 0.25) is 0 Å². The van der Waals surface area contributed by atoms with Gasteiger partial charge < -0.3 is 10.1 Å². The van der Waals surface area contributed by atoms with Gasteiger partial charge >= 0.3 is 0 Å². The second kappa shape index (κ2) is 7.11. The summed E-state index contributed by atoms with van der Waals surface area (Å²) >= 11 is 3.42. The van der Waals surface area contributed by atoms with Gasteiger partial charge in [-0.2, -0.15) is 0 Å². The maximum atomic E-state index is 12.6. The van der Waals surface area contributed by atoms with E-state index in [-0.39, 0.29) is 5.91 Å². The molecule has 0 aliphatic carbocycles. The van der Waals surface area contributed by atoms with Crippen LogP contribution in [0.1, 0.15) is 10.4 Å². The lowest BCUT2D eigenvalue weighted by atomic mass is 10.2. The van der Waals surface area contributed by atoms with Crippen LogP contribution in [-0.2, 0) is 0 Å². The summed E-state index contributed by atoms with van der Waals surface area (Å²) in [5.74, 6) is 0.986. The zero-order valence-electron chi connectivity index (χ0n) is 12.2. The molecule has 0 aliphatic rings. The minimum atomic E-state index is -0.219. The lowest BCUT2D eigenvalue weighted by Crippen LogP contribution is -2.13. The fourth-order valence-electron chi connectivity index (χ4n) is 2.11. The summed E-state index contributed by atoms with van der Waals surface area (Å²) < 4.78 is 6.65. The molecule has 0 unspecified atom stereocenters. The number of rotatable bonds is 4. The van der Waals surface area contributed by atoms with Gasteiger partial charge in [-0.1, -0.05) is 42.5 Å². The third-order valence-electron chi connectivity index (χ3n) is 3.22. The first-order valence-electron chi connectivity index (χ1n) is 7.12. The van der Waals surface area contributed by atoms with Crippen LogP contribution in [0.5, 0.6) is 11.5 Å². The summed E-state index contributed by atoms with van der Waals surface area (Å²) in [5, 5.41) is 2.89. The summed E-state index contributed by atoms with van der Waals surface area (Å²) in [6.07, 6.45) is 0. The number of halogens is 1. The molecule has 0 saturated carbocycles. The molecule has 0 aromatic heterocycles. The van der Waals surface area contributed by atoms with Gasteiger partial charge in [0.15, 0.2) is 0 Å². The normalized spacial score (nSPS) is 10.1. The highest BCUT2D eigenvalue weighted by Gasteiger charge is 2.14. The van der Waals surface area contributed by atoms with Crippen molar-refractivity contribution in [1.29, 1.82) is 0 Å². The van der Waals surface area contributed by atoms with E-state index < -0.39 is 0 Å². The number of benzene rings is 3. The van der Waals surface area contributed by atoms with Crippen LogP contribution >= 0.6 is 15.9 Å². The Morgan fingerprint density at radius 3 is 2.26 bits per heavy atom. The molecular weight excluding hydrogens is 354 g/mol. The zero-order valence-corrected chi connectivity index (χ0v) is 13.8. The minimum absolute atomic E-state index is 0.219. The summed E-state index contributed by atoms with van der Waals surface area (Å²) in [4.78, 5) is 12.6. The Morgan fingerprint density at radius 2 is 1.48 bits per heavy atom. The van der Waals surface area contributed by atoms with Crippen LogP contribution in [0.4, 0.5) is 5.69 Å². The highest BCUT2D eigenvalue weighted by Crippen LogP contribution is 2.27. The lowest BCUT2D eigenvalue weighted by Gasteiger charge is -2.12. The van der Waals surface area contributed by atoms with E-state index in [0.717, 1.165) is 4.47 Å². The number of amides is 1. The van der Waals surface area contributed by atoms with E-state index >= 15 is 0 Å². The van der Waals surface area contributed by atoms with Crippen LogP contribution in [0, 0.1) is 0 Å². The average molecular weight is 368 g/mol. The Labute approximate surface area is 143 Å². The fourth-order valence-corrected chi connectivity index (χ4v) is 2.49. The van der Waals surface area contributed by atoms with Crippen molar-refractivity contribution in [2.45, 2.75) is 0 Å². The van der Waals surface area contributed by atoms with Gasteiger partial charge in [-0.25, -0.2) is 0 Å². The van der Waals surface area contributed by atoms with Crippen LogP contribution in [-0.4, -0.2) is 5.91 Å². The monoisotopic (exact) mass is 367 g/mol. The van der Waals surface area contributed by atoms with Crippen molar-refractivity contribution in [3.05, 3.63) is 88.9 Å². The average Bonchev–Trinajstić information content (AvgIpc) is 2.58. The van der Waals surface area contributed by atoms with Gasteiger partial charge in [0, 0.05) is 4.47 Å². The summed E-state index contributed by atoms with van der Waals surface area (Å²) in [6.45, 7) is 0. The van der Waals surface area contributed by atoms with Crippen molar-refractivity contribution in [3.63, 3.8) is 0 Å². The molecular formula is C19H14BrNO2. The predicted octanol–water partition coefficient (Wildman–Crippen LogP) is 5.49. The van der Waals surface area contributed by atoms with Crippen LogP contribution < -0.4 is 10.1 Å². The first-order chi connectivity index (χ1) is 11.2. The molecule has 3 aromatic rings. The van der Waals surface area contributed by atoms with Crippen molar-refractivity contribution in [2.75, 3.05) is 5.32 Å². The van der Waals surface area contributed by atoms with Crippen LogP contribution in [0.2, 0.25) is 0 Å².